The van der Waals surface area contributed by atoms with E-state index in [1.54, 1.807) is 18.6 Å². The van der Waals surface area contributed by atoms with Crippen molar-refractivity contribution in [2.45, 2.75) is 0 Å². The maximum atomic E-state index is 4.58. The Labute approximate surface area is 171 Å². The number of pyridine rings is 3. The lowest BCUT2D eigenvalue weighted by Crippen LogP contribution is -1.83. The Hall–Kier alpha value is -4.32. The molecule has 2 N–H and O–H groups in total. The molecule has 6 nitrogen and oxygen atoms in total. The number of nitrogens with zero attached hydrogens (tertiary/aromatic N) is 4. The number of aromatic nitrogens is 6. The number of benzene rings is 1. The third-order valence-corrected chi connectivity index (χ3v) is 5.30. The molecule has 0 aliphatic rings. The van der Waals surface area contributed by atoms with Crippen LogP contribution in [0.3, 0.4) is 0 Å². The molecule has 5 heterocycles. The van der Waals surface area contributed by atoms with Crippen molar-refractivity contribution in [2.75, 3.05) is 0 Å². The van der Waals surface area contributed by atoms with E-state index >= 15 is 0 Å². The molecule has 0 fully saturated rings. The molecule has 0 amide bonds. The van der Waals surface area contributed by atoms with Crippen molar-refractivity contribution in [1.82, 2.24) is 30.1 Å². The smallest absolute Gasteiger partial charge is 0.138 e. The summed E-state index contributed by atoms with van der Waals surface area (Å²) in [6.45, 7) is 0. The molecule has 30 heavy (non-hydrogen) atoms. The van der Waals surface area contributed by atoms with E-state index in [-0.39, 0.29) is 0 Å². The Kier molecular flexibility index (Phi) is 3.67. The second-order valence-corrected chi connectivity index (χ2v) is 7.09. The van der Waals surface area contributed by atoms with Crippen molar-refractivity contribution < 1.29 is 0 Å². The molecule has 0 spiro atoms. The minimum absolute atomic E-state index is 0.830. The molecule has 5 aromatic heterocycles. The molecule has 0 atom stereocenters. The lowest BCUT2D eigenvalue weighted by Gasteiger charge is -2.01. The molecule has 0 saturated heterocycles. The van der Waals surface area contributed by atoms with Crippen LogP contribution in [0.4, 0.5) is 0 Å². The first-order valence-electron chi connectivity index (χ1n) is 9.65. The van der Waals surface area contributed by atoms with Crippen molar-refractivity contribution in [3.8, 4) is 33.8 Å². The number of fused-ring (bicyclic) bond motifs is 2. The van der Waals surface area contributed by atoms with Crippen LogP contribution in [0.15, 0.2) is 85.5 Å². The highest BCUT2D eigenvalue weighted by Gasteiger charge is 2.15. The Morgan fingerprint density at radius 1 is 0.700 bits per heavy atom. The monoisotopic (exact) mass is 388 g/mol. The van der Waals surface area contributed by atoms with E-state index in [1.807, 2.05) is 48.7 Å². The van der Waals surface area contributed by atoms with Crippen LogP contribution in [0, 0.1) is 0 Å². The minimum Gasteiger partial charge on any atom is -0.338 e. The maximum Gasteiger partial charge on any atom is 0.138 e. The predicted octanol–water partition coefficient (Wildman–Crippen LogP) is 5.23. The lowest BCUT2D eigenvalue weighted by molar-refractivity contribution is 1.12. The molecule has 0 aliphatic carbocycles. The standard InChI is InChI=1S/C24H16N6/c1-2-9-26-20(3-1)16-4-5-21-19(13-16)23(30-29-21)22-14-18-17(8-12-27-24(18)28-22)15-6-10-25-11-7-15/h1-14H,(H,27,28)(H,29,30). The normalized spacial score (nSPS) is 11.3. The van der Waals surface area contributed by atoms with Crippen LogP contribution < -0.4 is 0 Å². The molecule has 142 valence electrons. The van der Waals surface area contributed by atoms with Crippen LogP contribution >= 0.6 is 0 Å². The van der Waals surface area contributed by atoms with Crippen molar-refractivity contribution in [3.05, 3.63) is 85.5 Å². The molecule has 6 aromatic rings. The van der Waals surface area contributed by atoms with Gasteiger partial charge in [0.15, 0.2) is 0 Å². The zero-order chi connectivity index (χ0) is 19.9. The average Bonchev–Trinajstić information content (AvgIpc) is 3.43. The fourth-order valence-electron chi connectivity index (χ4n) is 3.85. The quantitative estimate of drug-likeness (QED) is 0.435. The Bertz CT molecular complexity index is 1480. The van der Waals surface area contributed by atoms with Gasteiger partial charge in [-0.2, -0.15) is 5.10 Å². The first kappa shape index (κ1) is 16.6. The molecular formula is C24H16N6. The van der Waals surface area contributed by atoms with Gasteiger partial charge in [0.05, 0.1) is 16.9 Å². The van der Waals surface area contributed by atoms with Gasteiger partial charge >= 0.3 is 0 Å². The number of hydrogen-bond acceptors (Lipinski definition) is 4. The SMILES string of the molecule is c1ccc(-c2ccc3[nH]nc(-c4cc5c(-c6ccncc6)ccnc5[nH]4)c3c2)nc1. The van der Waals surface area contributed by atoms with Gasteiger partial charge in [-0.1, -0.05) is 12.1 Å². The molecule has 6 heteroatoms. The number of hydrogen-bond donors (Lipinski definition) is 2. The highest BCUT2D eigenvalue weighted by atomic mass is 15.1. The van der Waals surface area contributed by atoms with Crippen LogP contribution in [0.1, 0.15) is 0 Å². The molecule has 6 rings (SSSR count). The first-order chi connectivity index (χ1) is 14.9. The molecule has 1 aromatic carbocycles. The van der Waals surface area contributed by atoms with Gasteiger partial charge in [0.1, 0.15) is 11.3 Å². The summed E-state index contributed by atoms with van der Waals surface area (Å²) in [4.78, 5) is 16.5. The number of rotatable bonds is 3. The van der Waals surface area contributed by atoms with Gasteiger partial charge in [-0.05, 0) is 59.7 Å². The average molecular weight is 388 g/mol. The summed E-state index contributed by atoms with van der Waals surface area (Å²) < 4.78 is 0. The van der Waals surface area contributed by atoms with Gasteiger partial charge in [-0.3, -0.25) is 15.1 Å². The summed E-state index contributed by atoms with van der Waals surface area (Å²) in [6, 6.07) is 20.3. The van der Waals surface area contributed by atoms with Gasteiger partial charge < -0.3 is 4.98 Å². The summed E-state index contributed by atoms with van der Waals surface area (Å²) in [6.07, 6.45) is 7.23. The molecule has 0 aliphatic heterocycles. The molecule has 0 saturated carbocycles. The molecule has 0 radical (unpaired) electrons. The van der Waals surface area contributed by atoms with E-state index in [9.17, 15) is 0 Å². The first-order valence-corrected chi connectivity index (χ1v) is 9.65. The van der Waals surface area contributed by atoms with Crippen molar-refractivity contribution in [3.63, 3.8) is 0 Å². The van der Waals surface area contributed by atoms with E-state index in [1.165, 1.54) is 0 Å². The van der Waals surface area contributed by atoms with Crippen molar-refractivity contribution in [2.24, 2.45) is 0 Å². The Morgan fingerprint density at radius 2 is 1.63 bits per heavy atom. The molecule has 0 bridgehead atoms. The van der Waals surface area contributed by atoms with E-state index in [0.717, 1.165) is 55.7 Å². The zero-order valence-corrected chi connectivity index (χ0v) is 15.9. The second-order valence-electron chi connectivity index (χ2n) is 7.09. The Balaban J connectivity index is 1.52. The van der Waals surface area contributed by atoms with Crippen LogP contribution in [0.25, 0.3) is 55.7 Å². The predicted molar refractivity (Wildman–Crippen MR) is 118 cm³/mol. The van der Waals surface area contributed by atoms with E-state index in [4.69, 9.17) is 0 Å². The van der Waals surface area contributed by atoms with Crippen molar-refractivity contribution in [1.29, 1.82) is 0 Å². The molecular weight excluding hydrogens is 372 g/mol. The van der Waals surface area contributed by atoms with E-state index < -0.39 is 0 Å². The van der Waals surface area contributed by atoms with Crippen LogP contribution in [-0.4, -0.2) is 30.1 Å². The molecule has 0 unspecified atom stereocenters. The van der Waals surface area contributed by atoms with E-state index in [2.05, 4.69) is 48.3 Å². The second kappa shape index (κ2) is 6.63. The fourth-order valence-corrected chi connectivity index (χ4v) is 3.85. The summed E-state index contributed by atoms with van der Waals surface area (Å²) in [7, 11) is 0. The van der Waals surface area contributed by atoms with Crippen LogP contribution in [-0.2, 0) is 0 Å². The largest absolute Gasteiger partial charge is 0.338 e. The van der Waals surface area contributed by atoms with Crippen LogP contribution in [0.5, 0.6) is 0 Å². The lowest BCUT2D eigenvalue weighted by atomic mass is 10.0. The van der Waals surface area contributed by atoms with Gasteiger partial charge in [0, 0.05) is 41.1 Å². The van der Waals surface area contributed by atoms with Gasteiger partial charge in [-0.25, -0.2) is 4.98 Å². The third-order valence-electron chi connectivity index (χ3n) is 5.30. The van der Waals surface area contributed by atoms with Crippen LogP contribution in [0.2, 0.25) is 0 Å². The zero-order valence-electron chi connectivity index (χ0n) is 15.9. The van der Waals surface area contributed by atoms with Gasteiger partial charge in [0.2, 0.25) is 0 Å². The fraction of sp³-hybridized carbons (Fsp3) is 0. The highest BCUT2D eigenvalue weighted by Crippen LogP contribution is 2.34. The summed E-state index contributed by atoms with van der Waals surface area (Å²) in [5.74, 6) is 0. The topological polar surface area (TPSA) is 83.1 Å². The summed E-state index contributed by atoms with van der Waals surface area (Å²) >= 11 is 0. The number of H-pyrrole nitrogens is 2. The summed E-state index contributed by atoms with van der Waals surface area (Å²) in [5.41, 5.74) is 7.79. The number of nitrogens with one attached hydrogen (secondary N) is 2. The Morgan fingerprint density at radius 3 is 2.50 bits per heavy atom. The van der Waals surface area contributed by atoms with Gasteiger partial charge in [-0.15, -0.1) is 0 Å². The van der Waals surface area contributed by atoms with E-state index in [0.29, 0.717) is 0 Å². The summed E-state index contributed by atoms with van der Waals surface area (Å²) in [5, 5.41) is 9.81. The van der Waals surface area contributed by atoms with Gasteiger partial charge in [0.25, 0.3) is 0 Å². The maximum absolute atomic E-state index is 4.58. The third kappa shape index (κ3) is 2.66. The minimum atomic E-state index is 0.830. The number of aromatic amines is 2. The van der Waals surface area contributed by atoms with Crippen molar-refractivity contribution >= 4 is 21.9 Å². The highest BCUT2D eigenvalue weighted by molar-refractivity contribution is 6.00.